The van der Waals surface area contributed by atoms with Gasteiger partial charge in [0.25, 0.3) is 0 Å². The van der Waals surface area contributed by atoms with Crippen molar-refractivity contribution in [1.29, 1.82) is 10.5 Å². The van der Waals surface area contributed by atoms with E-state index in [0.29, 0.717) is 12.0 Å². The number of aryl methyl sites for hydroxylation is 2. The van der Waals surface area contributed by atoms with Crippen LogP contribution >= 0.6 is 0 Å². The number of rotatable bonds is 3. The molecule has 14 heavy (non-hydrogen) atoms. The van der Waals surface area contributed by atoms with Gasteiger partial charge in [0.05, 0.1) is 17.7 Å². The second kappa shape index (κ2) is 5.04. The molecule has 1 aromatic rings. The summed E-state index contributed by atoms with van der Waals surface area (Å²) < 4.78 is 0. The Kier molecular flexibility index (Phi) is 3.70. The van der Waals surface area contributed by atoms with E-state index in [1.807, 2.05) is 18.2 Å². The lowest BCUT2D eigenvalue weighted by Crippen LogP contribution is -1.93. The molecule has 2 heteroatoms. The van der Waals surface area contributed by atoms with Crippen molar-refractivity contribution in [3.8, 4) is 12.1 Å². The normalized spacial score (nSPS) is 9.07. The summed E-state index contributed by atoms with van der Waals surface area (Å²) in [4.78, 5) is 0. The number of hydrogen-bond acceptors (Lipinski definition) is 2. The smallest absolute Gasteiger partial charge is 0.0991 e. The predicted molar refractivity (Wildman–Crippen MR) is 54.5 cm³/mol. The SMILES string of the molecule is CCc1cc(C#N)ccc1CCC#N. The minimum absolute atomic E-state index is 0.541. The van der Waals surface area contributed by atoms with Crippen LogP contribution in [-0.4, -0.2) is 0 Å². The van der Waals surface area contributed by atoms with E-state index in [0.717, 1.165) is 12.8 Å². The largest absolute Gasteiger partial charge is 0.198 e. The van der Waals surface area contributed by atoms with Gasteiger partial charge in [0.1, 0.15) is 0 Å². The maximum atomic E-state index is 8.72. The molecule has 0 saturated carbocycles. The first-order valence-corrected chi connectivity index (χ1v) is 4.70. The summed E-state index contributed by atoms with van der Waals surface area (Å²) in [5.74, 6) is 0. The first-order valence-electron chi connectivity index (χ1n) is 4.70. The molecular weight excluding hydrogens is 172 g/mol. The number of nitriles is 2. The highest BCUT2D eigenvalue weighted by atomic mass is 14.2. The molecule has 0 unspecified atom stereocenters. The molecule has 0 bridgehead atoms. The average molecular weight is 184 g/mol. The molecule has 0 aliphatic carbocycles. The molecule has 0 aliphatic heterocycles. The Labute approximate surface area is 84.4 Å². The quantitative estimate of drug-likeness (QED) is 0.724. The van der Waals surface area contributed by atoms with Crippen LogP contribution in [0.3, 0.4) is 0 Å². The molecule has 2 nitrogen and oxygen atoms in total. The first-order chi connectivity index (χ1) is 6.81. The highest BCUT2D eigenvalue weighted by Crippen LogP contribution is 2.14. The summed E-state index contributed by atoms with van der Waals surface area (Å²) in [7, 11) is 0. The maximum Gasteiger partial charge on any atom is 0.0991 e. The summed E-state index contributed by atoms with van der Waals surface area (Å²) in [6.07, 6.45) is 2.24. The Morgan fingerprint density at radius 1 is 1.21 bits per heavy atom. The Morgan fingerprint density at radius 2 is 2.00 bits per heavy atom. The van der Waals surface area contributed by atoms with Gasteiger partial charge in [0.15, 0.2) is 0 Å². The average Bonchev–Trinajstić information content (AvgIpc) is 2.26. The van der Waals surface area contributed by atoms with Crippen LogP contribution in [0.2, 0.25) is 0 Å². The second-order valence-corrected chi connectivity index (χ2v) is 3.11. The molecule has 0 aliphatic rings. The fourth-order valence-corrected chi connectivity index (χ4v) is 1.46. The lowest BCUT2D eigenvalue weighted by Gasteiger charge is -2.05. The summed E-state index contributed by atoms with van der Waals surface area (Å²) in [6, 6.07) is 9.92. The van der Waals surface area contributed by atoms with E-state index in [4.69, 9.17) is 10.5 Å². The van der Waals surface area contributed by atoms with Crippen molar-refractivity contribution in [2.45, 2.75) is 26.2 Å². The molecular formula is C12H12N2. The van der Waals surface area contributed by atoms with E-state index in [1.165, 1.54) is 11.1 Å². The van der Waals surface area contributed by atoms with E-state index in [2.05, 4.69) is 19.1 Å². The second-order valence-electron chi connectivity index (χ2n) is 3.11. The standard InChI is InChI=1S/C12H12N2/c1-2-11-8-10(9-14)5-6-12(11)4-3-7-13/h5-6,8H,2-4H2,1H3. The third-order valence-electron chi connectivity index (χ3n) is 2.22. The van der Waals surface area contributed by atoms with Gasteiger partial charge in [-0.3, -0.25) is 0 Å². The fraction of sp³-hybridized carbons (Fsp3) is 0.333. The number of hydrogen-bond donors (Lipinski definition) is 0. The van der Waals surface area contributed by atoms with Crippen LogP contribution in [0.1, 0.15) is 30.0 Å². The molecule has 1 rings (SSSR count). The minimum atomic E-state index is 0.541. The zero-order valence-electron chi connectivity index (χ0n) is 8.25. The van der Waals surface area contributed by atoms with Crippen molar-refractivity contribution in [3.05, 3.63) is 34.9 Å². The van der Waals surface area contributed by atoms with Gasteiger partial charge in [-0.1, -0.05) is 13.0 Å². The van der Waals surface area contributed by atoms with Gasteiger partial charge in [-0.05, 0) is 36.1 Å². The lowest BCUT2D eigenvalue weighted by molar-refractivity contribution is 0.967. The van der Waals surface area contributed by atoms with Gasteiger partial charge < -0.3 is 0 Å². The third-order valence-corrected chi connectivity index (χ3v) is 2.22. The van der Waals surface area contributed by atoms with Crippen LogP contribution in [0, 0.1) is 22.7 Å². The zero-order valence-corrected chi connectivity index (χ0v) is 8.25. The van der Waals surface area contributed by atoms with Crippen molar-refractivity contribution >= 4 is 0 Å². The number of benzene rings is 1. The van der Waals surface area contributed by atoms with Gasteiger partial charge in [0, 0.05) is 6.42 Å². The first kappa shape index (κ1) is 10.3. The predicted octanol–water partition coefficient (Wildman–Crippen LogP) is 2.58. The lowest BCUT2D eigenvalue weighted by atomic mass is 9.99. The molecule has 0 heterocycles. The number of nitrogens with zero attached hydrogens (tertiary/aromatic N) is 2. The van der Waals surface area contributed by atoms with Gasteiger partial charge in [-0.2, -0.15) is 10.5 Å². The molecule has 0 amide bonds. The van der Waals surface area contributed by atoms with Gasteiger partial charge >= 0.3 is 0 Å². The molecule has 0 aromatic heterocycles. The molecule has 0 atom stereocenters. The fourth-order valence-electron chi connectivity index (χ4n) is 1.46. The van der Waals surface area contributed by atoms with E-state index >= 15 is 0 Å². The van der Waals surface area contributed by atoms with Crippen LogP contribution < -0.4 is 0 Å². The molecule has 0 N–H and O–H groups in total. The van der Waals surface area contributed by atoms with E-state index in [-0.39, 0.29) is 0 Å². The maximum absolute atomic E-state index is 8.72. The molecule has 0 saturated heterocycles. The van der Waals surface area contributed by atoms with Gasteiger partial charge in [-0.15, -0.1) is 0 Å². The van der Waals surface area contributed by atoms with Crippen molar-refractivity contribution in [1.82, 2.24) is 0 Å². The van der Waals surface area contributed by atoms with Crippen LogP contribution in [-0.2, 0) is 12.8 Å². The van der Waals surface area contributed by atoms with Crippen LogP contribution in [0.25, 0.3) is 0 Å². The third kappa shape index (κ3) is 2.34. The van der Waals surface area contributed by atoms with Crippen LogP contribution in [0.5, 0.6) is 0 Å². The highest BCUT2D eigenvalue weighted by molar-refractivity contribution is 5.38. The zero-order chi connectivity index (χ0) is 10.4. The van der Waals surface area contributed by atoms with Crippen molar-refractivity contribution in [3.63, 3.8) is 0 Å². The summed E-state index contributed by atoms with van der Waals surface area (Å²) in [6.45, 7) is 2.06. The van der Waals surface area contributed by atoms with Gasteiger partial charge in [-0.25, -0.2) is 0 Å². The van der Waals surface area contributed by atoms with Gasteiger partial charge in [0.2, 0.25) is 0 Å². The van der Waals surface area contributed by atoms with E-state index in [1.54, 1.807) is 0 Å². The monoisotopic (exact) mass is 184 g/mol. The van der Waals surface area contributed by atoms with Crippen molar-refractivity contribution < 1.29 is 0 Å². The summed E-state index contributed by atoms with van der Waals surface area (Å²) >= 11 is 0. The Bertz CT molecular complexity index is 394. The highest BCUT2D eigenvalue weighted by Gasteiger charge is 2.01. The summed E-state index contributed by atoms with van der Waals surface area (Å²) in [5, 5.41) is 17.2. The van der Waals surface area contributed by atoms with Crippen LogP contribution in [0.4, 0.5) is 0 Å². The molecule has 0 fully saturated rings. The summed E-state index contributed by atoms with van der Waals surface area (Å²) in [5.41, 5.74) is 3.06. The Morgan fingerprint density at radius 3 is 2.57 bits per heavy atom. The van der Waals surface area contributed by atoms with Crippen LogP contribution in [0.15, 0.2) is 18.2 Å². The molecule has 1 aromatic carbocycles. The Balaban J connectivity index is 2.96. The molecule has 70 valence electrons. The van der Waals surface area contributed by atoms with Crippen molar-refractivity contribution in [2.24, 2.45) is 0 Å². The molecule has 0 spiro atoms. The molecule has 0 radical (unpaired) electrons. The van der Waals surface area contributed by atoms with E-state index in [9.17, 15) is 0 Å². The Hall–Kier alpha value is -1.80. The topological polar surface area (TPSA) is 47.6 Å². The van der Waals surface area contributed by atoms with E-state index < -0.39 is 0 Å². The minimum Gasteiger partial charge on any atom is -0.198 e. The van der Waals surface area contributed by atoms with Crippen molar-refractivity contribution in [2.75, 3.05) is 0 Å².